The van der Waals surface area contributed by atoms with Crippen LogP contribution in [-0.4, -0.2) is 4.98 Å². The van der Waals surface area contributed by atoms with Crippen molar-refractivity contribution in [3.8, 4) is 11.5 Å². The van der Waals surface area contributed by atoms with Crippen LogP contribution in [0, 0.1) is 6.92 Å². The van der Waals surface area contributed by atoms with Crippen LogP contribution in [0.4, 0.5) is 0 Å². The molecule has 72 valence electrons. The van der Waals surface area contributed by atoms with Crippen LogP contribution >= 0.6 is 0 Å². The van der Waals surface area contributed by atoms with Crippen LogP contribution in [-0.2, 0) is 6.54 Å². The van der Waals surface area contributed by atoms with E-state index in [1.807, 2.05) is 31.2 Å². The first-order valence-electron chi connectivity index (χ1n) is 4.52. The summed E-state index contributed by atoms with van der Waals surface area (Å²) >= 11 is 0. The molecule has 0 atom stereocenters. The highest BCUT2D eigenvalue weighted by molar-refractivity contribution is 5.57. The molecule has 0 radical (unpaired) electrons. The van der Waals surface area contributed by atoms with Crippen LogP contribution in [0.5, 0.6) is 0 Å². The quantitative estimate of drug-likeness (QED) is 0.785. The number of benzene rings is 1. The van der Waals surface area contributed by atoms with Crippen molar-refractivity contribution in [2.45, 2.75) is 13.5 Å². The van der Waals surface area contributed by atoms with Crippen LogP contribution in [0.1, 0.15) is 11.3 Å². The second-order valence-corrected chi connectivity index (χ2v) is 3.15. The molecule has 0 fully saturated rings. The van der Waals surface area contributed by atoms with Gasteiger partial charge in [0.2, 0.25) is 5.89 Å². The lowest BCUT2D eigenvalue weighted by molar-refractivity contribution is 0.520. The van der Waals surface area contributed by atoms with E-state index in [2.05, 4.69) is 4.98 Å². The average molecular weight is 188 g/mol. The van der Waals surface area contributed by atoms with Gasteiger partial charge >= 0.3 is 0 Å². The predicted octanol–water partition coefficient (Wildman–Crippen LogP) is 2.11. The molecular formula is C11H12N2O. The molecule has 2 aromatic rings. The van der Waals surface area contributed by atoms with Crippen molar-refractivity contribution >= 4 is 0 Å². The lowest BCUT2D eigenvalue weighted by atomic mass is 10.1. The minimum Gasteiger partial charge on any atom is -0.440 e. The number of hydrogen-bond acceptors (Lipinski definition) is 3. The number of hydrogen-bond donors (Lipinski definition) is 1. The second kappa shape index (κ2) is 3.64. The summed E-state index contributed by atoms with van der Waals surface area (Å²) in [5.74, 6) is 1.35. The molecule has 2 rings (SSSR count). The fourth-order valence-electron chi connectivity index (χ4n) is 1.34. The van der Waals surface area contributed by atoms with Crippen molar-refractivity contribution in [2.24, 2.45) is 5.73 Å². The number of nitrogens with two attached hydrogens (primary N) is 1. The van der Waals surface area contributed by atoms with Gasteiger partial charge in [-0.15, -0.1) is 0 Å². The zero-order chi connectivity index (χ0) is 9.97. The second-order valence-electron chi connectivity index (χ2n) is 3.15. The average Bonchev–Trinajstić information content (AvgIpc) is 2.67. The molecule has 0 spiro atoms. The molecule has 0 bridgehead atoms. The molecule has 0 aliphatic carbocycles. The minimum absolute atomic E-state index is 0.388. The van der Waals surface area contributed by atoms with Gasteiger partial charge in [-0.05, 0) is 18.6 Å². The number of oxazole rings is 1. The van der Waals surface area contributed by atoms with Crippen molar-refractivity contribution in [2.75, 3.05) is 0 Å². The van der Waals surface area contributed by atoms with Gasteiger partial charge in [-0.3, -0.25) is 0 Å². The molecule has 3 heteroatoms. The summed E-state index contributed by atoms with van der Waals surface area (Å²) in [5, 5.41) is 0. The maximum Gasteiger partial charge on any atom is 0.226 e. The molecule has 14 heavy (non-hydrogen) atoms. The molecule has 1 aromatic carbocycles. The van der Waals surface area contributed by atoms with Crippen LogP contribution in [0.3, 0.4) is 0 Å². The van der Waals surface area contributed by atoms with Gasteiger partial charge in [0.25, 0.3) is 0 Å². The fourth-order valence-corrected chi connectivity index (χ4v) is 1.34. The van der Waals surface area contributed by atoms with Crippen LogP contribution in [0.15, 0.2) is 34.9 Å². The van der Waals surface area contributed by atoms with E-state index >= 15 is 0 Å². The van der Waals surface area contributed by atoms with Crippen molar-refractivity contribution in [1.29, 1.82) is 0 Å². The number of nitrogens with zero attached hydrogens (tertiary/aromatic N) is 1. The van der Waals surface area contributed by atoms with Crippen LogP contribution in [0.25, 0.3) is 11.5 Å². The van der Waals surface area contributed by atoms with Gasteiger partial charge in [0.15, 0.2) is 0 Å². The summed E-state index contributed by atoms with van der Waals surface area (Å²) in [6.45, 7) is 2.42. The van der Waals surface area contributed by atoms with E-state index in [1.54, 1.807) is 6.20 Å². The van der Waals surface area contributed by atoms with E-state index in [9.17, 15) is 0 Å². The van der Waals surface area contributed by atoms with E-state index < -0.39 is 0 Å². The topological polar surface area (TPSA) is 52.0 Å². The first-order chi connectivity index (χ1) is 6.81. The Bertz CT molecular complexity index is 434. The normalized spacial score (nSPS) is 10.4. The van der Waals surface area contributed by atoms with Gasteiger partial charge in [-0.1, -0.05) is 18.2 Å². The number of aryl methyl sites for hydroxylation is 1. The molecule has 0 saturated carbocycles. The molecule has 0 aliphatic heterocycles. The Labute approximate surface area is 82.6 Å². The zero-order valence-corrected chi connectivity index (χ0v) is 8.03. The maximum atomic E-state index is 5.46. The molecule has 0 aliphatic rings. The van der Waals surface area contributed by atoms with E-state index in [1.165, 1.54) is 0 Å². The Morgan fingerprint density at radius 1 is 1.36 bits per heavy atom. The lowest BCUT2D eigenvalue weighted by Gasteiger charge is -1.99. The number of aromatic nitrogens is 1. The third-order valence-electron chi connectivity index (χ3n) is 2.13. The summed E-state index contributed by atoms with van der Waals surface area (Å²) in [5.41, 5.74) is 7.62. The molecule has 1 heterocycles. The predicted molar refractivity (Wildman–Crippen MR) is 54.6 cm³/mol. The Morgan fingerprint density at radius 3 is 2.79 bits per heavy atom. The van der Waals surface area contributed by atoms with Gasteiger partial charge < -0.3 is 10.2 Å². The van der Waals surface area contributed by atoms with E-state index in [4.69, 9.17) is 10.2 Å². The maximum absolute atomic E-state index is 5.46. The molecule has 0 unspecified atom stereocenters. The van der Waals surface area contributed by atoms with Crippen molar-refractivity contribution in [3.63, 3.8) is 0 Å². The van der Waals surface area contributed by atoms with Gasteiger partial charge in [0.1, 0.15) is 5.76 Å². The Hall–Kier alpha value is -1.61. The smallest absolute Gasteiger partial charge is 0.226 e. The summed E-state index contributed by atoms with van der Waals surface area (Å²) in [6, 6.07) is 7.98. The highest BCUT2D eigenvalue weighted by Gasteiger charge is 2.07. The van der Waals surface area contributed by atoms with Gasteiger partial charge in [0.05, 0.1) is 12.7 Å². The standard InChI is InChI=1S/C11H12N2O/c1-8-4-2-3-5-10(8)11-13-7-9(6-12)14-11/h2-5,7H,6,12H2,1H3. The molecule has 0 amide bonds. The highest BCUT2D eigenvalue weighted by atomic mass is 16.4. The summed E-state index contributed by atoms with van der Waals surface area (Å²) < 4.78 is 5.46. The third kappa shape index (κ3) is 1.54. The molecular weight excluding hydrogens is 176 g/mol. The van der Waals surface area contributed by atoms with Crippen molar-refractivity contribution in [3.05, 3.63) is 41.8 Å². The first kappa shape index (κ1) is 8.97. The summed E-state index contributed by atoms with van der Waals surface area (Å²) in [7, 11) is 0. The third-order valence-corrected chi connectivity index (χ3v) is 2.13. The minimum atomic E-state index is 0.388. The molecule has 2 N–H and O–H groups in total. The van der Waals surface area contributed by atoms with Crippen LogP contribution in [0.2, 0.25) is 0 Å². The first-order valence-corrected chi connectivity index (χ1v) is 4.52. The van der Waals surface area contributed by atoms with Crippen molar-refractivity contribution < 1.29 is 4.42 Å². The Balaban J connectivity index is 2.44. The van der Waals surface area contributed by atoms with Crippen molar-refractivity contribution in [1.82, 2.24) is 4.98 Å². The monoisotopic (exact) mass is 188 g/mol. The van der Waals surface area contributed by atoms with E-state index in [-0.39, 0.29) is 0 Å². The fraction of sp³-hybridized carbons (Fsp3) is 0.182. The van der Waals surface area contributed by atoms with Gasteiger partial charge in [-0.25, -0.2) is 4.98 Å². The van der Waals surface area contributed by atoms with E-state index in [0.29, 0.717) is 18.2 Å². The highest BCUT2D eigenvalue weighted by Crippen LogP contribution is 2.22. The Kier molecular flexibility index (Phi) is 2.33. The van der Waals surface area contributed by atoms with Gasteiger partial charge in [-0.2, -0.15) is 0 Å². The number of rotatable bonds is 2. The summed E-state index contributed by atoms with van der Waals surface area (Å²) in [4.78, 5) is 4.17. The molecule has 3 nitrogen and oxygen atoms in total. The summed E-state index contributed by atoms with van der Waals surface area (Å²) in [6.07, 6.45) is 1.67. The van der Waals surface area contributed by atoms with Gasteiger partial charge in [0, 0.05) is 5.56 Å². The zero-order valence-electron chi connectivity index (χ0n) is 8.03. The SMILES string of the molecule is Cc1ccccc1-c1ncc(CN)o1. The lowest BCUT2D eigenvalue weighted by Crippen LogP contribution is -1.92. The largest absolute Gasteiger partial charge is 0.440 e. The molecule has 1 aromatic heterocycles. The van der Waals surface area contributed by atoms with E-state index in [0.717, 1.165) is 11.1 Å². The van der Waals surface area contributed by atoms with Crippen LogP contribution < -0.4 is 5.73 Å². The Morgan fingerprint density at radius 2 is 2.14 bits per heavy atom. The molecule has 0 saturated heterocycles.